The van der Waals surface area contributed by atoms with Crippen LogP contribution in [-0.2, 0) is 29.4 Å². The number of ether oxygens (including phenoxy) is 2. The zero-order chi connectivity index (χ0) is 22.8. The van der Waals surface area contributed by atoms with E-state index in [1.807, 2.05) is 0 Å². The Hall–Kier alpha value is -3.03. The van der Waals surface area contributed by atoms with Crippen molar-refractivity contribution >= 4 is 11.6 Å². The summed E-state index contributed by atoms with van der Waals surface area (Å²) < 4.78 is 51.7. The largest absolute Gasteiger partial charge is 0.431 e. The van der Waals surface area contributed by atoms with Crippen LogP contribution in [0, 0.1) is 0 Å². The average molecular weight is 461 g/mol. The van der Waals surface area contributed by atoms with Gasteiger partial charge in [0.15, 0.2) is 5.82 Å². The summed E-state index contributed by atoms with van der Waals surface area (Å²) >= 11 is 6.24. The fourth-order valence-electron chi connectivity index (χ4n) is 2.74. The van der Waals surface area contributed by atoms with Crippen LogP contribution in [0.3, 0.4) is 0 Å². The van der Waals surface area contributed by atoms with Gasteiger partial charge >= 0.3 is 11.9 Å². The highest BCUT2D eigenvalue weighted by Crippen LogP contribution is 2.29. The molecule has 0 atom stereocenters. The van der Waals surface area contributed by atoms with Crippen LogP contribution in [0.4, 0.5) is 13.2 Å². The highest BCUT2D eigenvalue weighted by molar-refractivity contribution is 6.33. The first kappa shape index (κ1) is 22.7. The number of rotatable bonds is 7. The van der Waals surface area contributed by atoms with E-state index >= 15 is 0 Å². The summed E-state index contributed by atoms with van der Waals surface area (Å²) in [6, 6.07) is 4.38. The lowest BCUT2D eigenvalue weighted by Gasteiger charge is -2.14. The predicted octanol–water partition coefficient (Wildman–Crippen LogP) is 1.48. The van der Waals surface area contributed by atoms with Crippen LogP contribution in [0.25, 0.3) is 17.1 Å². The van der Waals surface area contributed by atoms with Gasteiger partial charge in [-0.15, -0.1) is 5.10 Å². The summed E-state index contributed by atoms with van der Waals surface area (Å²) in [5, 5.41) is 11.4. The first-order chi connectivity index (χ1) is 14.6. The molecule has 0 unspecified atom stereocenters. The maximum atomic E-state index is 13.1. The molecule has 0 fully saturated rings. The van der Waals surface area contributed by atoms with E-state index < -0.39 is 23.1 Å². The SMILES string of the molecule is COCCOCn1nnnc1-c1cc(-n2c(=O)cc(C(F)(F)F)n(C)c2=O)ccc1Cl. The lowest BCUT2D eigenvalue weighted by atomic mass is 10.2. The third-order valence-corrected chi connectivity index (χ3v) is 4.57. The first-order valence-electron chi connectivity index (χ1n) is 8.68. The molecule has 0 spiro atoms. The van der Waals surface area contributed by atoms with E-state index in [-0.39, 0.29) is 35.4 Å². The molecule has 14 heteroatoms. The topological polar surface area (TPSA) is 106 Å². The highest BCUT2D eigenvalue weighted by Gasteiger charge is 2.35. The van der Waals surface area contributed by atoms with Crippen molar-refractivity contribution in [3.8, 4) is 17.1 Å². The molecular formula is C17H16ClF3N6O4. The smallest absolute Gasteiger partial charge is 0.382 e. The molecule has 10 nitrogen and oxygen atoms in total. The molecule has 3 aromatic rings. The van der Waals surface area contributed by atoms with Crippen LogP contribution >= 0.6 is 11.6 Å². The van der Waals surface area contributed by atoms with Gasteiger partial charge in [-0.25, -0.2) is 9.36 Å². The van der Waals surface area contributed by atoms with Gasteiger partial charge in [0.1, 0.15) is 12.4 Å². The molecule has 0 aliphatic heterocycles. The molecule has 0 radical (unpaired) electrons. The number of tetrazole rings is 1. The molecule has 0 saturated heterocycles. The number of aromatic nitrogens is 6. The highest BCUT2D eigenvalue weighted by atomic mass is 35.5. The van der Waals surface area contributed by atoms with Gasteiger partial charge in [0.2, 0.25) is 0 Å². The van der Waals surface area contributed by atoms with Gasteiger partial charge in [0.25, 0.3) is 5.56 Å². The van der Waals surface area contributed by atoms with E-state index in [2.05, 4.69) is 15.5 Å². The van der Waals surface area contributed by atoms with Crippen molar-refractivity contribution < 1.29 is 22.6 Å². The summed E-state index contributed by atoms with van der Waals surface area (Å²) in [6.07, 6.45) is -4.86. The number of nitrogens with zero attached hydrogens (tertiary/aromatic N) is 6. The van der Waals surface area contributed by atoms with Crippen molar-refractivity contribution in [2.24, 2.45) is 7.05 Å². The second kappa shape index (κ2) is 8.99. The number of halogens is 4. The third-order valence-electron chi connectivity index (χ3n) is 4.24. The van der Waals surface area contributed by atoms with Gasteiger partial charge in [-0.05, 0) is 28.6 Å². The van der Waals surface area contributed by atoms with Crippen molar-refractivity contribution in [2.75, 3.05) is 20.3 Å². The summed E-state index contributed by atoms with van der Waals surface area (Å²) in [5.41, 5.74) is -3.44. The Kier molecular flexibility index (Phi) is 6.57. The Morgan fingerprint density at radius 2 is 1.90 bits per heavy atom. The van der Waals surface area contributed by atoms with Crippen molar-refractivity contribution in [3.05, 3.63) is 55.8 Å². The summed E-state index contributed by atoms with van der Waals surface area (Å²) in [7, 11) is 2.44. The number of alkyl halides is 3. The van der Waals surface area contributed by atoms with Crippen LogP contribution in [0.2, 0.25) is 5.02 Å². The van der Waals surface area contributed by atoms with Crippen LogP contribution in [-0.4, -0.2) is 49.7 Å². The van der Waals surface area contributed by atoms with Crippen molar-refractivity contribution in [2.45, 2.75) is 12.9 Å². The maximum Gasteiger partial charge on any atom is 0.431 e. The predicted molar refractivity (Wildman–Crippen MR) is 102 cm³/mol. The molecule has 2 aromatic heterocycles. The van der Waals surface area contributed by atoms with Gasteiger partial charge in [0.05, 0.1) is 23.9 Å². The van der Waals surface area contributed by atoms with Gasteiger partial charge in [-0.3, -0.25) is 9.36 Å². The number of benzene rings is 1. The lowest BCUT2D eigenvalue weighted by Crippen LogP contribution is -2.40. The molecule has 166 valence electrons. The molecule has 0 amide bonds. The van der Waals surface area contributed by atoms with Crippen molar-refractivity contribution in [3.63, 3.8) is 0 Å². The number of hydrogen-bond acceptors (Lipinski definition) is 7. The zero-order valence-electron chi connectivity index (χ0n) is 16.3. The van der Waals surface area contributed by atoms with Crippen LogP contribution in [0.5, 0.6) is 0 Å². The third kappa shape index (κ3) is 4.68. The van der Waals surface area contributed by atoms with E-state index in [9.17, 15) is 22.8 Å². The minimum absolute atomic E-state index is 0.00595. The average Bonchev–Trinajstić information content (AvgIpc) is 3.16. The van der Waals surface area contributed by atoms with Gasteiger partial charge in [0, 0.05) is 25.8 Å². The molecule has 0 bridgehead atoms. The summed E-state index contributed by atoms with van der Waals surface area (Å²) in [6.45, 7) is 0.600. The standard InChI is InChI=1S/C17H16ClF3N6O4/c1-25-13(17(19,20)21)8-14(28)27(16(25)29)10-3-4-12(18)11(7-10)15-22-23-24-26(15)9-31-6-5-30-2/h3-4,7-8H,5-6,9H2,1-2H3. The molecule has 0 N–H and O–H groups in total. The van der Waals surface area contributed by atoms with Gasteiger partial charge < -0.3 is 9.47 Å². The first-order valence-corrected chi connectivity index (χ1v) is 9.06. The monoisotopic (exact) mass is 460 g/mol. The minimum Gasteiger partial charge on any atom is -0.382 e. The van der Waals surface area contributed by atoms with E-state index in [0.717, 1.165) is 7.05 Å². The fourth-order valence-corrected chi connectivity index (χ4v) is 2.94. The molecule has 31 heavy (non-hydrogen) atoms. The zero-order valence-corrected chi connectivity index (χ0v) is 17.0. The lowest BCUT2D eigenvalue weighted by molar-refractivity contribution is -0.144. The van der Waals surface area contributed by atoms with E-state index in [1.165, 1.54) is 30.0 Å². The molecule has 2 heterocycles. The minimum atomic E-state index is -4.86. The fraction of sp³-hybridized carbons (Fsp3) is 0.353. The molecule has 0 aliphatic rings. The number of hydrogen-bond donors (Lipinski definition) is 0. The maximum absolute atomic E-state index is 13.1. The summed E-state index contributed by atoms with van der Waals surface area (Å²) in [4.78, 5) is 24.9. The van der Waals surface area contributed by atoms with E-state index in [4.69, 9.17) is 21.1 Å². The number of methoxy groups -OCH3 is 1. The van der Waals surface area contributed by atoms with Crippen LogP contribution in [0.1, 0.15) is 5.69 Å². The second-order valence-corrected chi connectivity index (χ2v) is 6.65. The Balaban J connectivity index is 2.06. The molecule has 0 aliphatic carbocycles. The van der Waals surface area contributed by atoms with Crippen molar-refractivity contribution in [1.29, 1.82) is 0 Å². The van der Waals surface area contributed by atoms with Crippen LogP contribution in [0.15, 0.2) is 33.9 Å². The van der Waals surface area contributed by atoms with Crippen LogP contribution < -0.4 is 11.2 Å². The van der Waals surface area contributed by atoms with E-state index in [1.54, 1.807) is 0 Å². The van der Waals surface area contributed by atoms with Gasteiger partial charge in [-0.2, -0.15) is 17.9 Å². The Labute approximate surface area is 177 Å². The molecule has 0 saturated carbocycles. The molecule has 1 aromatic carbocycles. The Morgan fingerprint density at radius 1 is 1.16 bits per heavy atom. The Morgan fingerprint density at radius 3 is 2.58 bits per heavy atom. The second-order valence-electron chi connectivity index (χ2n) is 6.24. The van der Waals surface area contributed by atoms with E-state index in [0.29, 0.717) is 21.8 Å². The quantitative estimate of drug-likeness (QED) is 0.492. The normalized spacial score (nSPS) is 11.8. The Bertz CT molecular complexity index is 1200. The van der Waals surface area contributed by atoms with Crippen molar-refractivity contribution in [1.82, 2.24) is 29.3 Å². The molecule has 3 rings (SSSR count). The molecular weight excluding hydrogens is 445 g/mol. The van der Waals surface area contributed by atoms with Gasteiger partial charge in [-0.1, -0.05) is 11.6 Å². The summed E-state index contributed by atoms with van der Waals surface area (Å²) in [5.74, 6) is 0.168.